The number of carbonyl (C=O) groups is 2. The molecule has 3 aliphatic heterocycles. The molecule has 2 atom stereocenters. The van der Waals surface area contributed by atoms with E-state index in [1.807, 2.05) is 4.90 Å². The van der Waals surface area contributed by atoms with E-state index >= 15 is 0 Å². The number of sulfonamides is 1. The fraction of sp³-hybridized carbons (Fsp3) is 0.636. The van der Waals surface area contributed by atoms with Gasteiger partial charge in [-0.25, -0.2) is 8.42 Å². The van der Waals surface area contributed by atoms with E-state index in [1.165, 1.54) is 35.2 Å². The normalized spacial score (nSPS) is 24.9. The fourth-order valence-electron chi connectivity index (χ4n) is 4.89. The van der Waals surface area contributed by atoms with Crippen LogP contribution in [0.25, 0.3) is 6.08 Å². The lowest BCUT2D eigenvalue weighted by Gasteiger charge is -2.34. The second-order valence-corrected chi connectivity index (χ2v) is 12.3. The van der Waals surface area contributed by atoms with Crippen LogP contribution >= 0.6 is 22.9 Å². The molecule has 0 aliphatic carbocycles. The van der Waals surface area contributed by atoms with Gasteiger partial charge in [-0.3, -0.25) is 9.59 Å². The highest BCUT2D eigenvalue weighted by molar-refractivity contribution is 7.92. The fourth-order valence-corrected chi connectivity index (χ4v) is 6.96. The summed E-state index contributed by atoms with van der Waals surface area (Å²) in [5.74, 6) is -0.371. The number of rotatable bonds is 8. The molecule has 4 heterocycles. The van der Waals surface area contributed by atoms with Gasteiger partial charge in [-0.15, -0.1) is 11.3 Å². The molecule has 3 saturated heterocycles. The van der Waals surface area contributed by atoms with Crippen molar-refractivity contribution in [2.45, 2.75) is 50.6 Å². The predicted octanol–water partition coefficient (Wildman–Crippen LogP) is 2.37. The van der Waals surface area contributed by atoms with Crippen LogP contribution < -0.4 is 4.72 Å². The summed E-state index contributed by atoms with van der Waals surface area (Å²) in [5, 5.41) is 1.06. The summed E-state index contributed by atoms with van der Waals surface area (Å²) < 4.78 is 28.0. The second kappa shape index (κ2) is 10.9. The van der Waals surface area contributed by atoms with Crippen LogP contribution in [0.3, 0.4) is 0 Å². The van der Waals surface area contributed by atoms with Gasteiger partial charge < -0.3 is 14.7 Å². The number of nitrogens with one attached hydrogen (secondary N) is 1. The predicted molar refractivity (Wildman–Crippen MR) is 130 cm³/mol. The summed E-state index contributed by atoms with van der Waals surface area (Å²) in [6.45, 7) is 4.31. The number of hydrogen-bond donors (Lipinski definition) is 1. The minimum absolute atomic E-state index is 0.0110. The Morgan fingerprint density at radius 1 is 1.12 bits per heavy atom. The molecule has 0 bridgehead atoms. The number of piperidine rings is 1. The smallest absolute Gasteiger partial charge is 0.242 e. The summed E-state index contributed by atoms with van der Waals surface area (Å²) in [6.07, 6.45) is 6.95. The second-order valence-electron chi connectivity index (χ2n) is 8.95. The number of nitrogens with zero attached hydrogens (tertiary/aromatic N) is 3. The SMILES string of the molecule is O=C1[C@@H](NS(=O)(=O)/C=C/c2ccc(Cl)s2)CCCN1CC(=O)N1CCC[C@H]1CN1CCCC1. The highest BCUT2D eigenvalue weighted by Gasteiger charge is 2.36. The van der Waals surface area contributed by atoms with Crippen molar-refractivity contribution in [2.24, 2.45) is 0 Å². The van der Waals surface area contributed by atoms with Gasteiger partial charge in [0.2, 0.25) is 21.8 Å². The first-order valence-corrected chi connectivity index (χ1v) is 14.3. The summed E-state index contributed by atoms with van der Waals surface area (Å²) in [5.41, 5.74) is 0. The Kier molecular flexibility index (Phi) is 8.11. The van der Waals surface area contributed by atoms with Gasteiger partial charge >= 0.3 is 0 Å². The zero-order valence-electron chi connectivity index (χ0n) is 18.6. The Labute approximate surface area is 204 Å². The van der Waals surface area contributed by atoms with Crippen molar-refractivity contribution in [3.05, 3.63) is 26.8 Å². The van der Waals surface area contributed by atoms with Crippen LogP contribution in [-0.2, 0) is 19.6 Å². The van der Waals surface area contributed by atoms with Gasteiger partial charge in [0.1, 0.15) is 6.04 Å². The van der Waals surface area contributed by atoms with Gasteiger partial charge in [0.05, 0.1) is 10.9 Å². The largest absolute Gasteiger partial charge is 0.337 e. The van der Waals surface area contributed by atoms with Crippen LogP contribution in [0.2, 0.25) is 4.34 Å². The first-order valence-electron chi connectivity index (χ1n) is 11.6. The van der Waals surface area contributed by atoms with E-state index in [1.54, 1.807) is 12.1 Å². The van der Waals surface area contributed by atoms with Gasteiger partial charge in [0.15, 0.2) is 0 Å². The van der Waals surface area contributed by atoms with Crippen molar-refractivity contribution >= 4 is 50.9 Å². The van der Waals surface area contributed by atoms with Crippen molar-refractivity contribution in [1.29, 1.82) is 0 Å². The van der Waals surface area contributed by atoms with E-state index in [-0.39, 0.29) is 24.4 Å². The molecule has 0 spiro atoms. The minimum atomic E-state index is -3.81. The maximum atomic E-state index is 13.1. The molecule has 0 aromatic carbocycles. The zero-order valence-corrected chi connectivity index (χ0v) is 21.0. The van der Waals surface area contributed by atoms with E-state index in [0.717, 1.165) is 44.4 Å². The third-order valence-corrected chi connectivity index (χ3v) is 8.84. The van der Waals surface area contributed by atoms with Gasteiger partial charge in [0, 0.05) is 36.0 Å². The average Bonchev–Trinajstić information content (AvgIpc) is 3.52. The maximum Gasteiger partial charge on any atom is 0.242 e. The lowest BCUT2D eigenvalue weighted by molar-refractivity contribution is -0.143. The zero-order chi connectivity index (χ0) is 23.4. The first-order chi connectivity index (χ1) is 15.8. The number of amides is 2. The van der Waals surface area contributed by atoms with Gasteiger partial charge in [-0.05, 0) is 69.8 Å². The number of halogens is 1. The van der Waals surface area contributed by atoms with Crippen molar-refractivity contribution in [3.8, 4) is 0 Å². The van der Waals surface area contributed by atoms with Gasteiger partial charge in [-0.2, -0.15) is 4.72 Å². The summed E-state index contributed by atoms with van der Waals surface area (Å²) in [6, 6.07) is 2.78. The molecule has 0 radical (unpaired) electrons. The van der Waals surface area contributed by atoms with E-state index in [9.17, 15) is 18.0 Å². The average molecular weight is 515 g/mol. The summed E-state index contributed by atoms with van der Waals surface area (Å²) in [4.78, 5) is 32.6. The van der Waals surface area contributed by atoms with Crippen LogP contribution in [0.4, 0.5) is 0 Å². The van der Waals surface area contributed by atoms with Crippen molar-refractivity contribution in [2.75, 3.05) is 39.3 Å². The highest BCUT2D eigenvalue weighted by Crippen LogP contribution is 2.23. The summed E-state index contributed by atoms with van der Waals surface area (Å²) in [7, 11) is -3.81. The van der Waals surface area contributed by atoms with E-state index in [2.05, 4.69) is 9.62 Å². The lowest BCUT2D eigenvalue weighted by atomic mass is 10.1. The molecule has 1 aromatic heterocycles. The molecular formula is C22H31ClN4O4S2. The Morgan fingerprint density at radius 2 is 1.88 bits per heavy atom. The molecule has 0 unspecified atom stereocenters. The topological polar surface area (TPSA) is 90.0 Å². The monoisotopic (exact) mass is 514 g/mol. The van der Waals surface area contributed by atoms with Crippen molar-refractivity contribution in [3.63, 3.8) is 0 Å². The highest BCUT2D eigenvalue weighted by atomic mass is 35.5. The maximum absolute atomic E-state index is 13.1. The van der Waals surface area contributed by atoms with E-state index < -0.39 is 16.1 Å². The quantitative estimate of drug-likeness (QED) is 0.575. The Morgan fingerprint density at radius 3 is 2.61 bits per heavy atom. The molecular weight excluding hydrogens is 484 g/mol. The van der Waals surface area contributed by atoms with Crippen LogP contribution in [0.15, 0.2) is 17.5 Å². The Balaban J connectivity index is 1.33. The third kappa shape index (κ3) is 6.57. The number of carbonyl (C=O) groups excluding carboxylic acids is 2. The number of hydrogen-bond acceptors (Lipinski definition) is 6. The number of thiophene rings is 1. The molecule has 182 valence electrons. The van der Waals surface area contributed by atoms with Gasteiger partial charge in [0.25, 0.3) is 0 Å². The molecule has 4 rings (SSSR count). The summed E-state index contributed by atoms with van der Waals surface area (Å²) >= 11 is 7.15. The standard InChI is InChI=1S/C22H31ClN4O4S2/c23-20-8-7-18(32-20)9-14-33(30,31)24-19-6-4-12-26(22(19)29)16-21(28)27-13-3-5-17(27)15-25-10-1-2-11-25/h7-9,14,17,19,24H,1-6,10-13,15-16H2/b14-9+/t17-,19-/m0/s1. The molecule has 2 amide bonds. The van der Waals surface area contributed by atoms with Gasteiger partial charge in [-0.1, -0.05) is 11.6 Å². The Bertz CT molecular complexity index is 990. The minimum Gasteiger partial charge on any atom is -0.337 e. The number of likely N-dealkylation sites (tertiary alicyclic amines) is 3. The molecule has 11 heteroatoms. The van der Waals surface area contributed by atoms with Crippen LogP contribution in [0.1, 0.15) is 43.4 Å². The first kappa shape index (κ1) is 24.7. The van der Waals surface area contributed by atoms with Crippen molar-refractivity contribution in [1.82, 2.24) is 19.4 Å². The van der Waals surface area contributed by atoms with Crippen LogP contribution in [0.5, 0.6) is 0 Å². The molecule has 8 nitrogen and oxygen atoms in total. The molecule has 3 aliphatic rings. The molecule has 0 saturated carbocycles. The Hall–Kier alpha value is -1.46. The van der Waals surface area contributed by atoms with Crippen molar-refractivity contribution < 1.29 is 18.0 Å². The van der Waals surface area contributed by atoms with E-state index in [0.29, 0.717) is 28.6 Å². The van der Waals surface area contributed by atoms with Crippen LogP contribution in [-0.4, -0.2) is 86.3 Å². The molecule has 1 N–H and O–H groups in total. The van der Waals surface area contributed by atoms with E-state index in [4.69, 9.17) is 11.6 Å². The molecule has 3 fully saturated rings. The third-order valence-electron chi connectivity index (χ3n) is 6.53. The molecule has 1 aromatic rings. The molecule has 33 heavy (non-hydrogen) atoms. The van der Waals surface area contributed by atoms with Crippen LogP contribution in [0, 0.1) is 0 Å². The lowest BCUT2D eigenvalue weighted by Crippen LogP contribution is -2.55.